The predicted octanol–water partition coefficient (Wildman–Crippen LogP) is 4.14. The van der Waals surface area contributed by atoms with Gasteiger partial charge >= 0.3 is 0 Å². The van der Waals surface area contributed by atoms with E-state index < -0.39 is 0 Å². The second-order valence-corrected chi connectivity index (χ2v) is 6.57. The van der Waals surface area contributed by atoms with Crippen molar-refractivity contribution in [1.82, 2.24) is 19.1 Å². The number of likely N-dealkylation sites (N-methyl/N-ethyl adjacent to an activating group) is 1. The molecule has 0 N–H and O–H groups in total. The first-order valence-corrected chi connectivity index (χ1v) is 8.51. The molecule has 0 saturated heterocycles. The molecule has 0 bridgehead atoms. The Hall–Kier alpha value is -1.60. The molecule has 0 radical (unpaired) electrons. The van der Waals surface area contributed by atoms with Crippen molar-refractivity contribution < 1.29 is 4.74 Å². The van der Waals surface area contributed by atoms with Gasteiger partial charge in [-0.25, -0.2) is 4.68 Å². The molecule has 2 heterocycles. The Kier molecular flexibility index (Phi) is 5.40. The van der Waals surface area contributed by atoms with Crippen molar-refractivity contribution in [3.63, 3.8) is 0 Å². The van der Waals surface area contributed by atoms with Crippen LogP contribution in [0, 0.1) is 4.77 Å². The minimum absolute atomic E-state index is 0.474. The molecule has 0 atom stereocenters. The monoisotopic (exact) mass is 382 g/mol. The molecule has 0 unspecified atom stereocenters. The molecule has 0 amide bonds. The highest BCUT2D eigenvalue weighted by Crippen LogP contribution is 2.21. The third kappa shape index (κ3) is 3.89. The van der Waals surface area contributed by atoms with Crippen molar-refractivity contribution in [2.24, 2.45) is 0 Å². The number of aromatic nitrogens is 3. The van der Waals surface area contributed by atoms with Crippen LogP contribution < -0.4 is 4.74 Å². The van der Waals surface area contributed by atoms with Crippen LogP contribution in [-0.4, -0.2) is 39.3 Å². The van der Waals surface area contributed by atoms with E-state index in [4.69, 9.17) is 40.2 Å². The molecular formula is C16H16Cl2N4OS. The number of rotatable bonds is 6. The summed E-state index contributed by atoms with van der Waals surface area (Å²) >= 11 is 17.6. The maximum absolute atomic E-state index is 6.17. The Balaban J connectivity index is 1.65. The summed E-state index contributed by atoms with van der Waals surface area (Å²) in [6, 6.07) is 11.4. The van der Waals surface area contributed by atoms with E-state index in [1.54, 1.807) is 21.3 Å². The van der Waals surface area contributed by atoms with Gasteiger partial charge in [-0.2, -0.15) is 0 Å². The number of fused-ring (bicyclic) bond motifs is 1. The number of nitrogens with zero attached hydrogens (tertiary/aromatic N) is 4. The Labute approximate surface area is 155 Å². The van der Waals surface area contributed by atoms with Gasteiger partial charge in [-0.3, -0.25) is 9.30 Å². The molecule has 0 aliphatic heterocycles. The molecule has 0 aliphatic carbocycles. The van der Waals surface area contributed by atoms with Gasteiger partial charge in [0.25, 0.3) is 0 Å². The van der Waals surface area contributed by atoms with Crippen LogP contribution in [0.2, 0.25) is 10.0 Å². The van der Waals surface area contributed by atoms with Crippen molar-refractivity contribution in [3.8, 4) is 5.75 Å². The van der Waals surface area contributed by atoms with Crippen LogP contribution in [0.3, 0.4) is 0 Å². The molecule has 3 rings (SSSR count). The minimum atomic E-state index is 0.474. The number of benzene rings is 1. The third-order valence-electron chi connectivity index (χ3n) is 3.46. The van der Waals surface area contributed by atoms with Gasteiger partial charge in [-0.1, -0.05) is 41.4 Å². The maximum Gasteiger partial charge on any atom is 0.203 e. The molecule has 0 fully saturated rings. The van der Waals surface area contributed by atoms with Crippen LogP contribution in [-0.2, 0) is 6.67 Å². The lowest BCUT2D eigenvalue weighted by Gasteiger charge is -2.16. The van der Waals surface area contributed by atoms with Gasteiger partial charge in [-0.05, 0) is 37.5 Å². The predicted molar refractivity (Wildman–Crippen MR) is 98.6 cm³/mol. The summed E-state index contributed by atoms with van der Waals surface area (Å²) in [5.41, 5.74) is 0.597. The van der Waals surface area contributed by atoms with Crippen LogP contribution in [0.15, 0.2) is 42.6 Å². The van der Waals surface area contributed by atoms with Gasteiger partial charge < -0.3 is 4.74 Å². The van der Waals surface area contributed by atoms with E-state index in [0.717, 1.165) is 12.3 Å². The number of para-hydroxylation sites is 1. The summed E-state index contributed by atoms with van der Waals surface area (Å²) in [7, 11) is 1.98. The molecule has 0 aliphatic rings. The fourth-order valence-electron chi connectivity index (χ4n) is 2.27. The average molecular weight is 383 g/mol. The Bertz CT molecular complexity index is 894. The first-order valence-electron chi connectivity index (χ1n) is 7.35. The van der Waals surface area contributed by atoms with Crippen molar-refractivity contribution >= 4 is 41.1 Å². The van der Waals surface area contributed by atoms with Crippen LogP contribution >= 0.6 is 35.4 Å². The topological polar surface area (TPSA) is 34.7 Å². The zero-order chi connectivity index (χ0) is 17.1. The number of pyridine rings is 1. The second kappa shape index (κ2) is 7.53. The van der Waals surface area contributed by atoms with Gasteiger partial charge in [-0.15, -0.1) is 5.10 Å². The van der Waals surface area contributed by atoms with E-state index in [0.29, 0.717) is 33.7 Å². The highest BCUT2D eigenvalue weighted by molar-refractivity contribution is 7.71. The number of ether oxygens (including phenoxy) is 1. The minimum Gasteiger partial charge on any atom is -0.492 e. The van der Waals surface area contributed by atoms with E-state index >= 15 is 0 Å². The molecule has 5 nitrogen and oxygen atoms in total. The number of hydrogen-bond donors (Lipinski definition) is 0. The van der Waals surface area contributed by atoms with Crippen LogP contribution in [0.25, 0.3) is 5.65 Å². The molecule has 0 spiro atoms. The first kappa shape index (κ1) is 17.2. The Morgan fingerprint density at radius 1 is 1.25 bits per heavy atom. The second-order valence-electron chi connectivity index (χ2n) is 5.36. The average Bonchev–Trinajstić information content (AvgIpc) is 2.85. The quantitative estimate of drug-likeness (QED) is 0.600. The molecule has 3 aromatic rings. The van der Waals surface area contributed by atoms with E-state index in [-0.39, 0.29) is 0 Å². The summed E-state index contributed by atoms with van der Waals surface area (Å²) in [6.45, 7) is 1.85. The van der Waals surface area contributed by atoms with Crippen molar-refractivity contribution in [2.75, 3.05) is 20.2 Å². The molecule has 0 saturated carbocycles. The molecule has 24 heavy (non-hydrogen) atoms. The van der Waals surface area contributed by atoms with Crippen molar-refractivity contribution in [1.29, 1.82) is 0 Å². The summed E-state index contributed by atoms with van der Waals surface area (Å²) in [4.78, 5) is 2.07. The summed E-state index contributed by atoms with van der Waals surface area (Å²) in [6.07, 6.45) is 1.72. The Morgan fingerprint density at radius 3 is 2.75 bits per heavy atom. The summed E-state index contributed by atoms with van der Waals surface area (Å²) in [5, 5.41) is 5.46. The van der Waals surface area contributed by atoms with Gasteiger partial charge in [0.2, 0.25) is 4.77 Å². The molecule has 2 aromatic heterocycles. The largest absolute Gasteiger partial charge is 0.492 e. The lowest BCUT2D eigenvalue weighted by molar-refractivity contribution is 0.198. The van der Waals surface area contributed by atoms with E-state index in [2.05, 4.69) is 10.00 Å². The molecule has 126 valence electrons. The SMILES string of the molecule is CN(CCOc1ccccc1)Cn1nc2c(Cl)cc(Cl)cn2c1=S. The van der Waals surface area contributed by atoms with Crippen LogP contribution in [0.1, 0.15) is 0 Å². The van der Waals surface area contributed by atoms with E-state index in [1.807, 2.05) is 37.4 Å². The van der Waals surface area contributed by atoms with Crippen molar-refractivity contribution in [3.05, 3.63) is 57.4 Å². The highest BCUT2D eigenvalue weighted by atomic mass is 35.5. The van der Waals surface area contributed by atoms with Crippen LogP contribution in [0.4, 0.5) is 0 Å². The van der Waals surface area contributed by atoms with Gasteiger partial charge in [0.15, 0.2) is 5.65 Å². The number of hydrogen-bond acceptors (Lipinski definition) is 4. The standard InChI is InChI=1S/C16H16Cl2N4OS/c1-20(7-8-23-13-5-3-2-4-6-13)11-22-16(24)21-10-12(17)9-14(18)15(21)19-22/h2-6,9-10H,7-8,11H2,1H3. The van der Waals surface area contributed by atoms with Gasteiger partial charge in [0, 0.05) is 12.7 Å². The molecular weight excluding hydrogens is 367 g/mol. The lowest BCUT2D eigenvalue weighted by Crippen LogP contribution is -2.27. The molecule has 8 heteroatoms. The van der Waals surface area contributed by atoms with Gasteiger partial charge in [0.1, 0.15) is 12.4 Å². The van der Waals surface area contributed by atoms with E-state index in [9.17, 15) is 0 Å². The maximum atomic E-state index is 6.17. The fraction of sp³-hybridized carbons (Fsp3) is 0.250. The third-order valence-corrected chi connectivity index (χ3v) is 4.35. The molecule has 1 aromatic carbocycles. The van der Waals surface area contributed by atoms with Crippen LogP contribution in [0.5, 0.6) is 5.75 Å². The summed E-state index contributed by atoms with van der Waals surface area (Å²) in [5.74, 6) is 0.858. The first-order chi connectivity index (χ1) is 11.5. The Morgan fingerprint density at radius 2 is 2.00 bits per heavy atom. The van der Waals surface area contributed by atoms with Gasteiger partial charge in [0.05, 0.1) is 16.7 Å². The normalized spacial score (nSPS) is 11.3. The van der Waals surface area contributed by atoms with Crippen molar-refractivity contribution in [2.45, 2.75) is 6.67 Å². The van der Waals surface area contributed by atoms with E-state index in [1.165, 1.54) is 0 Å². The smallest absolute Gasteiger partial charge is 0.203 e. The zero-order valence-corrected chi connectivity index (χ0v) is 15.4. The number of halogens is 2. The fourth-order valence-corrected chi connectivity index (χ4v) is 3.02. The highest BCUT2D eigenvalue weighted by Gasteiger charge is 2.10. The lowest BCUT2D eigenvalue weighted by atomic mass is 10.3. The zero-order valence-electron chi connectivity index (χ0n) is 13.0. The summed E-state index contributed by atoms with van der Waals surface area (Å²) < 4.78 is 9.68.